The average molecular weight is 276 g/mol. The van der Waals surface area contributed by atoms with Crippen LogP contribution < -0.4 is 5.32 Å². The molecule has 0 bridgehead atoms. The largest absolute Gasteiger partial charge is 0.384 e. The zero-order valence-electron chi connectivity index (χ0n) is 11.2. The fourth-order valence-corrected chi connectivity index (χ4v) is 5.00. The van der Waals surface area contributed by atoms with Crippen molar-refractivity contribution in [2.75, 3.05) is 39.1 Å². The molecule has 1 saturated heterocycles. The smallest absolute Gasteiger partial charge is 0.216 e. The Morgan fingerprint density at radius 3 is 2.67 bits per heavy atom. The van der Waals surface area contributed by atoms with Gasteiger partial charge in [0.25, 0.3) is 0 Å². The standard InChI is InChI=1S/C12H24N2O3S/c1-17-9-10-18(15,16)14-8-7-13-11-12(14)5-3-2-4-6-12/h13H,2-11H2,1H3. The summed E-state index contributed by atoms with van der Waals surface area (Å²) < 4.78 is 31.6. The Morgan fingerprint density at radius 2 is 2.00 bits per heavy atom. The highest BCUT2D eigenvalue weighted by Crippen LogP contribution is 2.36. The summed E-state index contributed by atoms with van der Waals surface area (Å²) in [6.45, 7) is 2.45. The fraction of sp³-hybridized carbons (Fsp3) is 1.00. The van der Waals surface area contributed by atoms with Crippen LogP contribution >= 0.6 is 0 Å². The predicted molar refractivity (Wildman–Crippen MR) is 71.1 cm³/mol. The molecule has 0 unspecified atom stereocenters. The lowest BCUT2D eigenvalue weighted by molar-refractivity contribution is 0.0999. The van der Waals surface area contributed by atoms with E-state index in [-0.39, 0.29) is 17.9 Å². The zero-order valence-corrected chi connectivity index (χ0v) is 12.0. The minimum Gasteiger partial charge on any atom is -0.384 e. The second kappa shape index (κ2) is 5.86. The monoisotopic (exact) mass is 276 g/mol. The highest BCUT2D eigenvalue weighted by molar-refractivity contribution is 7.89. The van der Waals surface area contributed by atoms with Gasteiger partial charge in [-0.3, -0.25) is 0 Å². The molecule has 0 radical (unpaired) electrons. The van der Waals surface area contributed by atoms with Gasteiger partial charge in [-0.25, -0.2) is 8.42 Å². The van der Waals surface area contributed by atoms with Gasteiger partial charge in [0.2, 0.25) is 10.0 Å². The molecule has 18 heavy (non-hydrogen) atoms. The predicted octanol–water partition coefficient (Wildman–Crippen LogP) is 0.571. The molecule has 1 N–H and O–H groups in total. The molecule has 1 aliphatic heterocycles. The second-order valence-electron chi connectivity index (χ2n) is 5.34. The lowest BCUT2D eigenvalue weighted by atomic mass is 9.80. The molecule has 1 spiro atoms. The van der Waals surface area contributed by atoms with Crippen LogP contribution in [0, 0.1) is 0 Å². The van der Waals surface area contributed by atoms with Crippen LogP contribution in [0.2, 0.25) is 0 Å². The lowest BCUT2D eigenvalue weighted by Crippen LogP contribution is -2.64. The van der Waals surface area contributed by atoms with Gasteiger partial charge in [-0.1, -0.05) is 19.3 Å². The van der Waals surface area contributed by atoms with Crippen molar-refractivity contribution in [3.8, 4) is 0 Å². The van der Waals surface area contributed by atoms with Crippen molar-refractivity contribution in [3.63, 3.8) is 0 Å². The van der Waals surface area contributed by atoms with E-state index in [1.165, 1.54) is 6.42 Å². The Morgan fingerprint density at radius 1 is 1.28 bits per heavy atom. The first-order valence-electron chi connectivity index (χ1n) is 6.81. The number of ether oxygens (including phenoxy) is 1. The third-order valence-corrected chi connectivity index (χ3v) is 6.06. The molecule has 0 aromatic carbocycles. The van der Waals surface area contributed by atoms with Crippen molar-refractivity contribution < 1.29 is 13.2 Å². The molecular formula is C12H24N2O3S. The number of hydrogen-bond acceptors (Lipinski definition) is 4. The molecule has 0 aromatic heterocycles. The van der Waals surface area contributed by atoms with Crippen LogP contribution in [-0.4, -0.2) is 57.4 Å². The van der Waals surface area contributed by atoms with Gasteiger partial charge >= 0.3 is 0 Å². The molecule has 5 nitrogen and oxygen atoms in total. The molecule has 6 heteroatoms. The van der Waals surface area contributed by atoms with Crippen LogP contribution in [0.5, 0.6) is 0 Å². The van der Waals surface area contributed by atoms with Crippen LogP contribution in [0.25, 0.3) is 0 Å². The van der Waals surface area contributed by atoms with Crippen molar-refractivity contribution in [1.29, 1.82) is 0 Å². The van der Waals surface area contributed by atoms with Gasteiger partial charge in [0, 0.05) is 32.3 Å². The van der Waals surface area contributed by atoms with Gasteiger partial charge in [0.1, 0.15) is 0 Å². The highest BCUT2D eigenvalue weighted by atomic mass is 32.2. The third kappa shape index (κ3) is 2.87. The summed E-state index contributed by atoms with van der Waals surface area (Å²) in [6.07, 6.45) is 5.49. The van der Waals surface area contributed by atoms with Crippen LogP contribution in [0.1, 0.15) is 32.1 Å². The van der Waals surface area contributed by atoms with Crippen LogP contribution in [0.15, 0.2) is 0 Å². The van der Waals surface area contributed by atoms with Crippen molar-refractivity contribution in [3.05, 3.63) is 0 Å². The number of hydrogen-bond donors (Lipinski definition) is 1. The summed E-state index contributed by atoms with van der Waals surface area (Å²) >= 11 is 0. The minimum atomic E-state index is -3.19. The van der Waals surface area contributed by atoms with Gasteiger partial charge in [0.15, 0.2) is 0 Å². The molecule has 1 heterocycles. The summed E-state index contributed by atoms with van der Waals surface area (Å²) in [5.41, 5.74) is -0.164. The summed E-state index contributed by atoms with van der Waals surface area (Å²) in [5.74, 6) is 0.102. The van der Waals surface area contributed by atoms with Gasteiger partial charge in [-0.2, -0.15) is 4.31 Å². The van der Waals surface area contributed by atoms with E-state index in [2.05, 4.69) is 5.32 Å². The fourth-order valence-electron chi connectivity index (χ4n) is 3.20. The Bertz CT molecular complexity index is 355. The molecule has 2 aliphatic rings. The average Bonchev–Trinajstić information content (AvgIpc) is 2.38. The van der Waals surface area contributed by atoms with Crippen molar-refractivity contribution >= 4 is 10.0 Å². The first-order chi connectivity index (χ1) is 8.61. The molecule has 2 fully saturated rings. The number of piperazine rings is 1. The Balaban J connectivity index is 2.16. The number of nitrogens with one attached hydrogen (secondary N) is 1. The van der Waals surface area contributed by atoms with E-state index in [9.17, 15) is 8.42 Å². The molecule has 0 aromatic rings. The Labute approximate surface area is 110 Å². The number of rotatable bonds is 4. The van der Waals surface area contributed by atoms with Gasteiger partial charge < -0.3 is 10.1 Å². The molecule has 2 rings (SSSR count). The first kappa shape index (κ1) is 14.2. The van der Waals surface area contributed by atoms with Crippen molar-refractivity contribution in [1.82, 2.24) is 9.62 Å². The van der Waals surface area contributed by atoms with Crippen LogP contribution in [0.4, 0.5) is 0 Å². The molecular weight excluding hydrogens is 252 g/mol. The SMILES string of the molecule is COCCS(=O)(=O)N1CCNCC12CCCCC2. The van der Waals surface area contributed by atoms with E-state index < -0.39 is 10.0 Å². The summed E-state index contributed by atoms with van der Waals surface area (Å²) in [5, 5.41) is 3.37. The van der Waals surface area contributed by atoms with E-state index in [1.54, 1.807) is 11.4 Å². The topological polar surface area (TPSA) is 58.6 Å². The lowest BCUT2D eigenvalue weighted by Gasteiger charge is -2.48. The van der Waals surface area contributed by atoms with Gasteiger partial charge in [-0.05, 0) is 12.8 Å². The minimum absolute atomic E-state index is 0.102. The normalized spacial score (nSPS) is 25.4. The van der Waals surface area contributed by atoms with E-state index in [1.807, 2.05) is 0 Å². The quantitative estimate of drug-likeness (QED) is 0.815. The van der Waals surface area contributed by atoms with Gasteiger partial charge in [-0.15, -0.1) is 0 Å². The van der Waals surface area contributed by atoms with Crippen molar-refractivity contribution in [2.45, 2.75) is 37.6 Å². The van der Waals surface area contributed by atoms with Crippen molar-refractivity contribution in [2.24, 2.45) is 0 Å². The van der Waals surface area contributed by atoms with E-state index >= 15 is 0 Å². The second-order valence-corrected chi connectivity index (χ2v) is 7.36. The summed E-state index contributed by atoms with van der Waals surface area (Å²) in [6, 6.07) is 0. The van der Waals surface area contributed by atoms with E-state index in [4.69, 9.17) is 4.74 Å². The number of methoxy groups -OCH3 is 1. The molecule has 0 atom stereocenters. The Hall–Kier alpha value is -0.170. The maximum absolute atomic E-state index is 12.4. The van der Waals surface area contributed by atoms with Gasteiger partial charge in [0.05, 0.1) is 12.4 Å². The van der Waals surface area contributed by atoms with E-state index in [0.29, 0.717) is 6.54 Å². The number of nitrogens with zero attached hydrogens (tertiary/aromatic N) is 1. The first-order valence-corrected chi connectivity index (χ1v) is 8.42. The molecule has 1 saturated carbocycles. The zero-order chi connectivity index (χ0) is 13.1. The van der Waals surface area contributed by atoms with E-state index in [0.717, 1.165) is 38.8 Å². The summed E-state index contributed by atoms with van der Waals surface area (Å²) in [4.78, 5) is 0. The molecule has 106 valence electrons. The van der Waals surface area contributed by atoms with Crippen LogP contribution in [-0.2, 0) is 14.8 Å². The Kier molecular flexibility index (Phi) is 4.64. The molecule has 1 aliphatic carbocycles. The third-order valence-electron chi connectivity index (χ3n) is 4.14. The maximum Gasteiger partial charge on any atom is 0.216 e. The number of sulfonamides is 1. The van der Waals surface area contributed by atoms with Crippen LogP contribution in [0.3, 0.4) is 0 Å². The summed E-state index contributed by atoms with van der Waals surface area (Å²) in [7, 11) is -1.64. The highest BCUT2D eigenvalue weighted by Gasteiger charge is 2.45. The molecule has 0 amide bonds. The maximum atomic E-state index is 12.4.